The molecular formula is C22H26N6OS. The second-order valence-corrected chi connectivity index (χ2v) is 8.13. The van der Waals surface area contributed by atoms with E-state index in [1.54, 1.807) is 6.20 Å². The van der Waals surface area contributed by atoms with Gasteiger partial charge in [0.15, 0.2) is 11.0 Å². The van der Waals surface area contributed by atoms with Gasteiger partial charge < -0.3 is 15.9 Å². The van der Waals surface area contributed by atoms with E-state index in [4.69, 9.17) is 21.3 Å². The molecule has 0 aliphatic carbocycles. The zero-order chi connectivity index (χ0) is 21.8. The number of nitrogen functional groups attached to an aromatic ring is 1. The molecule has 0 saturated heterocycles. The molecule has 1 aromatic carbocycles. The summed E-state index contributed by atoms with van der Waals surface area (Å²) in [5, 5.41) is 15.9. The first-order valence-electron chi connectivity index (χ1n) is 9.84. The van der Waals surface area contributed by atoms with Crippen molar-refractivity contribution in [2.75, 3.05) is 5.73 Å². The fourth-order valence-corrected chi connectivity index (χ4v) is 3.98. The molecule has 0 unspecified atom stereocenters. The van der Waals surface area contributed by atoms with Crippen LogP contribution in [0, 0.1) is 24.7 Å². The predicted octanol–water partition coefficient (Wildman–Crippen LogP) is 5.05. The van der Waals surface area contributed by atoms with Crippen molar-refractivity contribution < 1.29 is 4.74 Å². The summed E-state index contributed by atoms with van der Waals surface area (Å²) in [7, 11) is 0. The average molecular weight is 423 g/mol. The van der Waals surface area contributed by atoms with Gasteiger partial charge in [-0.05, 0) is 56.0 Å². The van der Waals surface area contributed by atoms with Gasteiger partial charge in [-0.15, -0.1) is 0 Å². The van der Waals surface area contributed by atoms with Gasteiger partial charge >= 0.3 is 0 Å². The third-order valence-corrected chi connectivity index (χ3v) is 5.71. The van der Waals surface area contributed by atoms with Crippen molar-refractivity contribution in [2.45, 2.75) is 46.6 Å². The number of anilines is 1. The van der Waals surface area contributed by atoms with Crippen LogP contribution in [0.1, 0.15) is 43.6 Å². The summed E-state index contributed by atoms with van der Waals surface area (Å²) in [5.74, 6) is 1.04. The molecule has 2 aromatic heterocycles. The molecule has 30 heavy (non-hydrogen) atoms. The molecule has 8 heteroatoms. The van der Waals surface area contributed by atoms with Gasteiger partial charge in [-0.25, -0.2) is 15.0 Å². The minimum Gasteiger partial charge on any atom is -0.490 e. The summed E-state index contributed by atoms with van der Waals surface area (Å²) in [6.45, 7) is 8.29. The first kappa shape index (κ1) is 21.6. The third kappa shape index (κ3) is 4.54. The molecule has 0 radical (unpaired) electrons. The molecule has 0 atom stereocenters. The molecule has 0 saturated carbocycles. The fraction of sp³-hybridized carbons (Fsp3) is 0.318. The number of nitrogens with one attached hydrogen (secondary N) is 2. The van der Waals surface area contributed by atoms with Crippen molar-refractivity contribution in [3.05, 3.63) is 41.3 Å². The normalized spacial score (nSPS) is 11.0. The number of aryl methyl sites for hydroxylation is 2. The Hall–Kier alpha value is -3.13. The molecule has 4 N–H and O–H groups in total. The summed E-state index contributed by atoms with van der Waals surface area (Å²) in [6.07, 6.45) is 4.71. The highest BCUT2D eigenvalue weighted by Gasteiger charge is 2.17. The van der Waals surface area contributed by atoms with Crippen molar-refractivity contribution in [1.29, 1.82) is 10.8 Å². The molecule has 0 aliphatic heterocycles. The molecule has 0 aliphatic rings. The molecule has 0 amide bonds. The van der Waals surface area contributed by atoms with E-state index in [0.29, 0.717) is 16.5 Å². The summed E-state index contributed by atoms with van der Waals surface area (Å²) in [6, 6.07) is 5.92. The maximum Gasteiger partial charge on any atom is 0.180 e. The number of nitrogens with zero attached hydrogens (tertiary/aromatic N) is 3. The van der Waals surface area contributed by atoms with E-state index in [9.17, 15) is 0 Å². The number of aromatic nitrogens is 3. The molecule has 3 aromatic rings. The van der Waals surface area contributed by atoms with E-state index in [2.05, 4.69) is 28.8 Å². The Kier molecular flexibility index (Phi) is 6.56. The van der Waals surface area contributed by atoms with Crippen molar-refractivity contribution in [3.8, 4) is 27.6 Å². The zero-order valence-electron chi connectivity index (χ0n) is 17.6. The van der Waals surface area contributed by atoms with Crippen LogP contribution < -0.4 is 10.5 Å². The minimum atomic E-state index is -0.0559. The van der Waals surface area contributed by atoms with Crippen molar-refractivity contribution in [1.82, 2.24) is 15.0 Å². The van der Waals surface area contributed by atoms with Crippen LogP contribution in [0.3, 0.4) is 0 Å². The number of hydrogen-bond acceptors (Lipinski definition) is 8. The first-order valence-corrected chi connectivity index (χ1v) is 10.7. The number of rotatable bonds is 8. The standard InChI is InChI=1S/C22H26N6OS/c1-5-14(6-2)29-15-7-12(3)20(13(4)8-15)18-9-17(19-11-26-22(25)30-19)27-21(28-18)16(24)10-23/h7-11,14,23-24H,5-6H2,1-4H3,(H2,25,26). The number of ether oxygens (including phenoxy) is 1. The molecular weight excluding hydrogens is 396 g/mol. The Bertz CT molecular complexity index is 1060. The summed E-state index contributed by atoms with van der Waals surface area (Å²) < 4.78 is 6.12. The monoisotopic (exact) mass is 422 g/mol. The van der Waals surface area contributed by atoms with Gasteiger partial charge in [-0.3, -0.25) is 5.41 Å². The largest absolute Gasteiger partial charge is 0.490 e. The molecule has 0 spiro atoms. The lowest BCUT2D eigenvalue weighted by molar-refractivity contribution is 0.192. The highest BCUT2D eigenvalue weighted by molar-refractivity contribution is 7.18. The van der Waals surface area contributed by atoms with Crippen molar-refractivity contribution in [2.24, 2.45) is 0 Å². The number of nitrogens with two attached hydrogens (primary N) is 1. The van der Waals surface area contributed by atoms with Crippen LogP contribution in [0.4, 0.5) is 5.13 Å². The van der Waals surface area contributed by atoms with Crippen LogP contribution in [0.5, 0.6) is 5.75 Å². The molecule has 3 rings (SSSR count). The molecule has 2 heterocycles. The highest BCUT2D eigenvalue weighted by atomic mass is 32.1. The van der Waals surface area contributed by atoms with Gasteiger partial charge in [-0.1, -0.05) is 25.2 Å². The average Bonchev–Trinajstić information content (AvgIpc) is 3.17. The Morgan fingerprint density at radius 3 is 2.30 bits per heavy atom. The van der Waals surface area contributed by atoms with Gasteiger partial charge in [0, 0.05) is 18.0 Å². The number of thiazole rings is 1. The number of benzene rings is 1. The summed E-state index contributed by atoms with van der Waals surface area (Å²) >= 11 is 1.32. The topological polar surface area (TPSA) is 122 Å². The Morgan fingerprint density at radius 2 is 1.77 bits per heavy atom. The predicted molar refractivity (Wildman–Crippen MR) is 123 cm³/mol. The van der Waals surface area contributed by atoms with Crippen LogP contribution >= 0.6 is 11.3 Å². The second kappa shape index (κ2) is 9.13. The third-order valence-electron chi connectivity index (χ3n) is 4.86. The number of hydrogen-bond donors (Lipinski definition) is 3. The van der Waals surface area contributed by atoms with Crippen LogP contribution in [-0.2, 0) is 0 Å². The van der Waals surface area contributed by atoms with E-state index in [1.165, 1.54) is 11.3 Å². The minimum absolute atomic E-state index is 0.0559. The van der Waals surface area contributed by atoms with Crippen LogP contribution in [-0.4, -0.2) is 33.0 Å². The molecule has 7 nitrogen and oxygen atoms in total. The first-order chi connectivity index (χ1) is 14.4. The smallest absolute Gasteiger partial charge is 0.180 e. The Labute approximate surface area is 180 Å². The summed E-state index contributed by atoms with van der Waals surface area (Å²) in [5.41, 5.74) is 10.1. The maximum atomic E-state index is 8.04. The summed E-state index contributed by atoms with van der Waals surface area (Å²) in [4.78, 5) is 13.9. The zero-order valence-corrected chi connectivity index (χ0v) is 18.4. The maximum absolute atomic E-state index is 8.04. The van der Waals surface area contributed by atoms with E-state index in [1.807, 2.05) is 32.0 Å². The highest BCUT2D eigenvalue weighted by Crippen LogP contribution is 2.34. The Balaban J connectivity index is 2.12. The van der Waals surface area contributed by atoms with Crippen LogP contribution in [0.15, 0.2) is 24.4 Å². The van der Waals surface area contributed by atoms with Gasteiger partial charge in [-0.2, -0.15) is 0 Å². The lowest BCUT2D eigenvalue weighted by atomic mass is 9.98. The van der Waals surface area contributed by atoms with Crippen LogP contribution in [0.25, 0.3) is 21.8 Å². The van der Waals surface area contributed by atoms with Crippen molar-refractivity contribution in [3.63, 3.8) is 0 Å². The van der Waals surface area contributed by atoms with Gasteiger partial charge in [0.05, 0.1) is 22.4 Å². The lowest BCUT2D eigenvalue weighted by Gasteiger charge is -2.18. The van der Waals surface area contributed by atoms with E-state index in [-0.39, 0.29) is 17.6 Å². The molecule has 0 bridgehead atoms. The second-order valence-electron chi connectivity index (χ2n) is 7.07. The molecule has 156 valence electrons. The fourth-order valence-electron chi connectivity index (χ4n) is 3.34. The Morgan fingerprint density at radius 1 is 1.13 bits per heavy atom. The SMILES string of the molecule is CCC(CC)Oc1cc(C)c(-c2cc(-c3cnc(N)s3)nc(C(=N)C=N)n2)c(C)c1. The van der Waals surface area contributed by atoms with Gasteiger partial charge in [0.25, 0.3) is 0 Å². The van der Waals surface area contributed by atoms with Crippen molar-refractivity contribution >= 4 is 28.4 Å². The quantitative estimate of drug-likeness (QED) is 0.438. The lowest BCUT2D eigenvalue weighted by Crippen LogP contribution is -2.14. The van der Waals surface area contributed by atoms with E-state index < -0.39 is 0 Å². The van der Waals surface area contributed by atoms with Gasteiger partial charge in [0.1, 0.15) is 11.5 Å². The van der Waals surface area contributed by atoms with E-state index in [0.717, 1.165) is 46.4 Å². The van der Waals surface area contributed by atoms with E-state index >= 15 is 0 Å². The van der Waals surface area contributed by atoms with Crippen LogP contribution in [0.2, 0.25) is 0 Å². The molecule has 0 fully saturated rings. The van der Waals surface area contributed by atoms with Gasteiger partial charge in [0.2, 0.25) is 0 Å².